The number of rotatable bonds is 3. The van der Waals surface area contributed by atoms with Gasteiger partial charge in [0.15, 0.2) is 0 Å². The summed E-state index contributed by atoms with van der Waals surface area (Å²) < 4.78 is 2.43. The van der Waals surface area contributed by atoms with Crippen LogP contribution in [0, 0.1) is 18.3 Å². The molecule has 2 rings (SSSR count). The van der Waals surface area contributed by atoms with Crippen molar-refractivity contribution in [3.63, 3.8) is 0 Å². The van der Waals surface area contributed by atoms with E-state index < -0.39 is 5.91 Å². The summed E-state index contributed by atoms with van der Waals surface area (Å²) in [5.74, 6) is -0.458. The molecule has 6 heteroatoms. The molecule has 0 spiro atoms. The number of hydrogen-bond donors (Lipinski definition) is 1. The predicted molar refractivity (Wildman–Crippen MR) is 103 cm³/mol. The molecule has 2 aromatic carbocycles. The van der Waals surface area contributed by atoms with Gasteiger partial charge in [-0.05, 0) is 80.3 Å². The van der Waals surface area contributed by atoms with Crippen LogP contribution in [0.3, 0.4) is 0 Å². The number of nitrogens with one attached hydrogen (secondary N) is 1. The van der Waals surface area contributed by atoms with Crippen molar-refractivity contribution in [3.05, 3.63) is 66.5 Å². The molecule has 0 saturated heterocycles. The van der Waals surface area contributed by atoms with E-state index in [1.807, 2.05) is 49.4 Å². The number of carbonyl (C=O) groups excluding carboxylic acids is 1. The molecular formula is C17H11Br3N2O. The van der Waals surface area contributed by atoms with Crippen LogP contribution in [0.1, 0.15) is 11.1 Å². The molecule has 0 radical (unpaired) electrons. The van der Waals surface area contributed by atoms with Crippen molar-refractivity contribution in [2.75, 3.05) is 5.32 Å². The lowest BCUT2D eigenvalue weighted by molar-refractivity contribution is -0.112. The Morgan fingerprint density at radius 3 is 2.22 bits per heavy atom. The van der Waals surface area contributed by atoms with E-state index in [1.54, 1.807) is 6.08 Å². The summed E-state index contributed by atoms with van der Waals surface area (Å²) in [4.78, 5) is 12.4. The van der Waals surface area contributed by atoms with Crippen molar-refractivity contribution in [2.24, 2.45) is 0 Å². The first-order valence-electron chi connectivity index (χ1n) is 6.55. The second kappa shape index (κ2) is 7.91. The molecule has 2 aromatic rings. The predicted octanol–water partition coefficient (Wildman–Crippen LogP) is 5.83. The second-order valence-corrected chi connectivity index (χ2v) is 7.40. The van der Waals surface area contributed by atoms with Gasteiger partial charge in [-0.2, -0.15) is 5.26 Å². The van der Waals surface area contributed by atoms with E-state index in [9.17, 15) is 10.1 Å². The number of benzene rings is 2. The third kappa shape index (κ3) is 4.77. The first-order valence-corrected chi connectivity index (χ1v) is 8.93. The Labute approximate surface area is 159 Å². The van der Waals surface area contributed by atoms with Crippen LogP contribution < -0.4 is 5.32 Å². The number of aryl methyl sites for hydroxylation is 1. The second-order valence-electron chi connectivity index (χ2n) is 4.78. The van der Waals surface area contributed by atoms with E-state index in [1.165, 1.54) is 0 Å². The van der Waals surface area contributed by atoms with Crippen LogP contribution in [0.15, 0.2) is 55.4 Å². The lowest BCUT2D eigenvalue weighted by Gasteiger charge is -2.10. The van der Waals surface area contributed by atoms with Gasteiger partial charge in [0.2, 0.25) is 0 Å². The third-order valence-corrected chi connectivity index (χ3v) is 4.75. The number of carbonyl (C=O) groups is 1. The molecule has 0 bridgehead atoms. The molecule has 0 fully saturated rings. The first-order chi connectivity index (χ1) is 10.9. The molecule has 23 heavy (non-hydrogen) atoms. The summed E-state index contributed by atoms with van der Waals surface area (Å²) in [6.45, 7) is 1.95. The first kappa shape index (κ1) is 17.9. The summed E-state index contributed by atoms with van der Waals surface area (Å²) in [5, 5.41) is 12.0. The maximum absolute atomic E-state index is 12.4. The Morgan fingerprint density at radius 1 is 1.13 bits per heavy atom. The number of halogens is 3. The van der Waals surface area contributed by atoms with Crippen LogP contribution in [0.25, 0.3) is 6.08 Å². The molecule has 0 aliphatic carbocycles. The molecule has 0 heterocycles. The molecule has 0 unspecified atom stereocenters. The highest BCUT2D eigenvalue weighted by atomic mass is 79.9. The van der Waals surface area contributed by atoms with E-state index in [4.69, 9.17) is 0 Å². The van der Waals surface area contributed by atoms with Crippen LogP contribution >= 0.6 is 47.8 Å². The van der Waals surface area contributed by atoms with Gasteiger partial charge in [-0.3, -0.25) is 4.79 Å². The van der Waals surface area contributed by atoms with Crippen molar-refractivity contribution in [3.8, 4) is 6.07 Å². The van der Waals surface area contributed by atoms with Crippen LogP contribution in [-0.2, 0) is 4.79 Å². The molecule has 3 nitrogen and oxygen atoms in total. The minimum atomic E-state index is -0.458. The third-order valence-electron chi connectivity index (χ3n) is 2.97. The maximum atomic E-state index is 12.4. The summed E-state index contributed by atoms with van der Waals surface area (Å²) in [6.07, 6.45) is 1.55. The number of anilines is 1. The van der Waals surface area contributed by atoms with E-state index in [-0.39, 0.29) is 5.57 Å². The fourth-order valence-electron chi connectivity index (χ4n) is 1.87. The quantitative estimate of drug-likeness (QED) is 0.427. The average molecular weight is 499 g/mol. The van der Waals surface area contributed by atoms with Gasteiger partial charge in [-0.25, -0.2) is 0 Å². The van der Waals surface area contributed by atoms with Gasteiger partial charge in [0.25, 0.3) is 5.91 Å². The molecule has 0 aliphatic rings. The average Bonchev–Trinajstić information content (AvgIpc) is 2.50. The Hall–Kier alpha value is -1.42. The lowest BCUT2D eigenvalue weighted by atomic mass is 10.1. The van der Waals surface area contributed by atoms with Gasteiger partial charge in [0.05, 0.1) is 5.69 Å². The number of amides is 1. The molecule has 1 amide bonds. The maximum Gasteiger partial charge on any atom is 0.266 e. The zero-order valence-electron chi connectivity index (χ0n) is 12.0. The molecule has 0 aliphatic heterocycles. The summed E-state index contributed by atoms with van der Waals surface area (Å²) >= 11 is 10.2. The Morgan fingerprint density at radius 2 is 1.70 bits per heavy atom. The Balaban J connectivity index is 2.28. The molecule has 0 atom stereocenters. The summed E-state index contributed by atoms with van der Waals surface area (Å²) in [5.41, 5.74) is 2.46. The topological polar surface area (TPSA) is 52.9 Å². The van der Waals surface area contributed by atoms with Crippen molar-refractivity contribution in [2.45, 2.75) is 6.92 Å². The normalized spacial score (nSPS) is 11.0. The van der Waals surface area contributed by atoms with Gasteiger partial charge in [-0.1, -0.05) is 28.1 Å². The highest BCUT2D eigenvalue weighted by molar-refractivity contribution is 9.11. The van der Waals surface area contributed by atoms with E-state index in [0.717, 1.165) is 24.5 Å². The lowest BCUT2D eigenvalue weighted by Crippen LogP contribution is -2.14. The highest BCUT2D eigenvalue weighted by Crippen LogP contribution is 2.32. The monoisotopic (exact) mass is 496 g/mol. The molecule has 1 N–H and O–H groups in total. The van der Waals surface area contributed by atoms with Crippen molar-refractivity contribution < 1.29 is 4.79 Å². The van der Waals surface area contributed by atoms with Gasteiger partial charge in [0, 0.05) is 13.4 Å². The summed E-state index contributed by atoms with van der Waals surface area (Å²) in [7, 11) is 0. The van der Waals surface area contributed by atoms with Gasteiger partial charge in [-0.15, -0.1) is 0 Å². The van der Waals surface area contributed by atoms with Gasteiger partial charge >= 0.3 is 0 Å². The van der Waals surface area contributed by atoms with E-state index >= 15 is 0 Å². The molecular weight excluding hydrogens is 488 g/mol. The van der Waals surface area contributed by atoms with Crippen LogP contribution in [-0.4, -0.2) is 5.91 Å². The molecule has 0 aromatic heterocycles. The van der Waals surface area contributed by atoms with E-state index in [2.05, 4.69) is 53.1 Å². The van der Waals surface area contributed by atoms with Crippen molar-refractivity contribution in [1.82, 2.24) is 0 Å². The molecule has 116 valence electrons. The van der Waals surface area contributed by atoms with Gasteiger partial charge < -0.3 is 5.32 Å². The standard InChI is InChI=1S/C17H11Br3N2O/c1-10-6-14(19)16(15(20)7-10)22-17(23)12(9-21)8-11-2-4-13(18)5-3-11/h2-8H,1H3,(H,22,23)/b12-8+. The number of nitrogens with zero attached hydrogens (tertiary/aromatic N) is 1. The number of nitriles is 1. The van der Waals surface area contributed by atoms with Crippen LogP contribution in [0.5, 0.6) is 0 Å². The minimum Gasteiger partial charge on any atom is -0.319 e. The fraction of sp³-hybridized carbons (Fsp3) is 0.0588. The van der Waals surface area contributed by atoms with Crippen LogP contribution in [0.4, 0.5) is 5.69 Å². The smallest absolute Gasteiger partial charge is 0.266 e. The van der Waals surface area contributed by atoms with Crippen molar-refractivity contribution in [1.29, 1.82) is 5.26 Å². The highest BCUT2D eigenvalue weighted by Gasteiger charge is 2.14. The fourth-order valence-corrected chi connectivity index (χ4v) is 3.75. The largest absolute Gasteiger partial charge is 0.319 e. The van der Waals surface area contributed by atoms with Crippen molar-refractivity contribution >= 4 is 65.5 Å². The SMILES string of the molecule is Cc1cc(Br)c(NC(=O)/C(C#N)=C/c2ccc(Br)cc2)c(Br)c1. The zero-order valence-corrected chi connectivity index (χ0v) is 16.8. The zero-order chi connectivity index (χ0) is 17.0. The van der Waals surface area contributed by atoms with Gasteiger partial charge in [0.1, 0.15) is 11.6 Å². The minimum absolute atomic E-state index is 0.0340. The summed E-state index contributed by atoms with van der Waals surface area (Å²) in [6, 6.07) is 13.1. The molecule has 0 saturated carbocycles. The van der Waals surface area contributed by atoms with E-state index in [0.29, 0.717) is 5.69 Å². The Kier molecular flexibility index (Phi) is 6.17. The number of hydrogen-bond acceptors (Lipinski definition) is 2. The van der Waals surface area contributed by atoms with Crippen LogP contribution in [0.2, 0.25) is 0 Å². The Bertz CT molecular complexity index is 798.